The summed E-state index contributed by atoms with van der Waals surface area (Å²) in [5.41, 5.74) is 7.17. The van der Waals surface area contributed by atoms with Gasteiger partial charge in [-0.1, -0.05) is 6.92 Å². The van der Waals surface area contributed by atoms with E-state index in [1.807, 2.05) is 0 Å². The average Bonchev–Trinajstić information content (AvgIpc) is 2.64. The number of hydrogen-bond acceptors (Lipinski definition) is 4. The first-order valence-corrected chi connectivity index (χ1v) is 5.63. The molecule has 96 valence electrons. The van der Waals surface area contributed by atoms with Crippen molar-refractivity contribution in [1.29, 1.82) is 0 Å². The van der Waals surface area contributed by atoms with Crippen LogP contribution in [0.4, 0.5) is 5.69 Å². The molecule has 0 spiro atoms. The Kier molecular flexibility index (Phi) is 3.20. The van der Waals surface area contributed by atoms with Gasteiger partial charge in [-0.2, -0.15) is 0 Å². The second-order valence-corrected chi connectivity index (χ2v) is 4.24. The summed E-state index contributed by atoms with van der Waals surface area (Å²) in [6, 6.07) is 5.03. The lowest BCUT2D eigenvalue weighted by atomic mass is 10.1. The third kappa shape index (κ3) is 2.14. The van der Waals surface area contributed by atoms with Crippen LogP contribution in [0.3, 0.4) is 0 Å². The number of rotatable bonds is 3. The van der Waals surface area contributed by atoms with Crippen LogP contribution in [0.25, 0.3) is 11.1 Å². The van der Waals surface area contributed by atoms with Crippen molar-refractivity contribution in [3.05, 3.63) is 28.7 Å². The van der Waals surface area contributed by atoms with Crippen molar-refractivity contribution in [3.63, 3.8) is 0 Å². The number of aromatic nitrogens is 1. The van der Waals surface area contributed by atoms with Crippen LogP contribution in [0.2, 0.25) is 0 Å². The summed E-state index contributed by atoms with van der Waals surface area (Å²) in [6.07, 6.45) is 0. The Morgan fingerprint density at radius 3 is 2.94 bits per heavy atom. The topological polar surface area (TPSA) is 90.3 Å². The Hall–Kier alpha value is -2.08. The van der Waals surface area contributed by atoms with Gasteiger partial charge in [0.1, 0.15) is 0 Å². The first kappa shape index (κ1) is 12.4. The minimum atomic E-state index is -0.427. The van der Waals surface area contributed by atoms with Crippen LogP contribution in [0.1, 0.15) is 6.92 Å². The fraction of sp³-hybridized carbons (Fsp3) is 0.333. The van der Waals surface area contributed by atoms with Crippen molar-refractivity contribution in [2.45, 2.75) is 6.92 Å². The average molecular weight is 249 g/mol. The Labute approximate surface area is 103 Å². The molecule has 1 aromatic heterocycles. The maximum atomic E-state index is 11.7. The van der Waals surface area contributed by atoms with E-state index in [1.54, 1.807) is 32.2 Å². The first-order chi connectivity index (χ1) is 8.52. The van der Waals surface area contributed by atoms with Gasteiger partial charge in [-0.15, -0.1) is 0 Å². The molecular weight excluding hydrogens is 234 g/mol. The Bertz CT molecular complexity index is 642. The van der Waals surface area contributed by atoms with Gasteiger partial charge < -0.3 is 15.5 Å². The molecule has 3 N–H and O–H groups in total. The summed E-state index contributed by atoms with van der Waals surface area (Å²) in [5, 5.41) is 2.75. The van der Waals surface area contributed by atoms with E-state index >= 15 is 0 Å². The largest absolute Gasteiger partial charge is 0.419 e. The van der Waals surface area contributed by atoms with Gasteiger partial charge in [0, 0.05) is 25.2 Å². The quantitative estimate of drug-likeness (QED) is 0.836. The summed E-state index contributed by atoms with van der Waals surface area (Å²) in [6.45, 7) is 2.04. The Morgan fingerprint density at radius 1 is 1.56 bits per heavy atom. The molecule has 0 radical (unpaired) electrons. The minimum Gasteiger partial charge on any atom is -0.408 e. The monoisotopic (exact) mass is 249 g/mol. The van der Waals surface area contributed by atoms with Crippen LogP contribution < -0.4 is 16.8 Å². The summed E-state index contributed by atoms with van der Waals surface area (Å²) < 4.78 is 6.39. The molecule has 6 heteroatoms. The van der Waals surface area contributed by atoms with Gasteiger partial charge in [-0.25, -0.2) is 4.79 Å². The van der Waals surface area contributed by atoms with E-state index in [0.717, 1.165) is 0 Å². The Balaban J connectivity index is 2.33. The summed E-state index contributed by atoms with van der Waals surface area (Å²) in [4.78, 5) is 23.0. The predicted molar refractivity (Wildman–Crippen MR) is 68.3 cm³/mol. The van der Waals surface area contributed by atoms with E-state index in [0.29, 0.717) is 16.8 Å². The molecule has 0 aliphatic rings. The molecule has 0 aliphatic carbocycles. The van der Waals surface area contributed by atoms with Gasteiger partial charge in [0.2, 0.25) is 5.91 Å². The standard InChI is InChI=1S/C12H15N3O3/c1-7(6-13)11(16)14-8-3-4-10-9(5-8)15(2)12(17)18-10/h3-5,7H,6,13H2,1-2H3,(H,14,16). The number of benzene rings is 1. The molecule has 2 aromatic rings. The van der Waals surface area contributed by atoms with E-state index in [-0.39, 0.29) is 18.4 Å². The molecule has 0 saturated carbocycles. The number of carbonyl (C=O) groups is 1. The maximum absolute atomic E-state index is 11.7. The van der Waals surface area contributed by atoms with Crippen molar-refractivity contribution in [1.82, 2.24) is 4.57 Å². The SMILES string of the molecule is CC(CN)C(=O)Nc1ccc2oc(=O)n(C)c2c1. The van der Waals surface area contributed by atoms with E-state index < -0.39 is 5.76 Å². The third-order valence-corrected chi connectivity index (χ3v) is 2.86. The van der Waals surface area contributed by atoms with Gasteiger partial charge in [0.15, 0.2) is 5.58 Å². The highest BCUT2D eigenvalue weighted by molar-refractivity contribution is 5.94. The van der Waals surface area contributed by atoms with E-state index in [1.165, 1.54) is 4.57 Å². The number of oxazole rings is 1. The zero-order chi connectivity index (χ0) is 13.3. The van der Waals surface area contributed by atoms with Crippen molar-refractivity contribution >= 4 is 22.7 Å². The van der Waals surface area contributed by atoms with Gasteiger partial charge >= 0.3 is 5.76 Å². The molecule has 1 amide bonds. The lowest BCUT2D eigenvalue weighted by molar-refractivity contribution is -0.119. The van der Waals surface area contributed by atoms with Gasteiger partial charge in [0.25, 0.3) is 0 Å². The summed E-state index contributed by atoms with van der Waals surface area (Å²) in [5.74, 6) is -0.831. The van der Waals surface area contributed by atoms with Gasteiger partial charge in [-0.05, 0) is 18.2 Å². The van der Waals surface area contributed by atoms with Crippen LogP contribution in [0.15, 0.2) is 27.4 Å². The molecule has 0 fully saturated rings. The van der Waals surface area contributed by atoms with Crippen molar-refractivity contribution in [2.24, 2.45) is 18.7 Å². The number of nitrogens with one attached hydrogen (secondary N) is 1. The molecule has 2 rings (SSSR count). The molecule has 0 bridgehead atoms. The normalized spacial score (nSPS) is 12.6. The highest BCUT2D eigenvalue weighted by atomic mass is 16.4. The predicted octanol–water partition coefficient (Wildman–Crippen LogP) is 0.665. The zero-order valence-corrected chi connectivity index (χ0v) is 10.3. The van der Waals surface area contributed by atoms with Crippen molar-refractivity contribution in [3.8, 4) is 0 Å². The number of aryl methyl sites for hydroxylation is 1. The van der Waals surface area contributed by atoms with Gasteiger partial charge in [-0.3, -0.25) is 9.36 Å². The Morgan fingerprint density at radius 2 is 2.28 bits per heavy atom. The number of carbonyl (C=O) groups excluding carboxylic acids is 1. The fourth-order valence-corrected chi connectivity index (χ4v) is 1.58. The molecule has 18 heavy (non-hydrogen) atoms. The van der Waals surface area contributed by atoms with Crippen LogP contribution >= 0.6 is 0 Å². The fourth-order valence-electron chi connectivity index (χ4n) is 1.58. The lowest BCUT2D eigenvalue weighted by Crippen LogP contribution is -2.26. The minimum absolute atomic E-state index is 0.148. The second kappa shape index (κ2) is 4.66. The number of amides is 1. The van der Waals surface area contributed by atoms with E-state index in [9.17, 15) is 9.59 Å². The van der Waals surface area contributed by atoms with E-state index in [4.69, 9.17) is 10.2 Å². The maximum Gasteiger partial charge on any atom is 0.419 e. The summed E-state index contributed by atoms with van der Waals surface area (Å²) in [7, 11) is 1.61. The molecule has 1 atom stereocenters. The molecule has 6 nitrogen and oxygen atoms in total. The van der Waals surface area contributed by atoms with Crippen molar-refractivity contribution in [2.75, 3.05) is 11.9 Å². The highest BCUT2D eigenvalue weighted by Gasteiger charge is 2.12. The van der Waals surface area contributed by atoms with Gasteiger partial charge in [0.05, 0.1) is 5.52 Å². The van der Waals surface area contributed by atoms with Crippen LogP contribution in [-0.2, 0) is 11.8 Å². The number of nitrogens with zero attached hydrogens (tertiary/aromatic N) is 1. The molecule has 0 aliphatic heterocycles. The lowest BCUT2D eigenvalue weighted by Gasteiger charge is -2.09. The zero-order valence-electron chi connectivity index (χ0n) is 10.3. The highest BCUT2D eigenvalue weighted by Crippen LogP contribution is 2.18. The first-order valence-electron chi connectivity index (χ1n) is 5.63. The molecule has 1 heterocycles. The number of anilines is 1. The molecular formula is C12H15N3O3. The number of nitrogens with two attached hydrogens (primary N) is 1. The number of fused-ring (bicyclic) bond motifs is 1. The van der Waals surface area contributed by atoms with Crippen LogP contribution in [0, 0.1) is 5.92 Å². The summed E-state index contributed by atoms with van der Waals surface area (Å²) >= 11 is 0. The van der Waals surface area contributed by atoms with Crippen LogP contribution in [-0.4, -0.2) is 17.0 Å². The van der Waals surface area contributed by atoms with Crippen molar-refractivity contribution < 1.29 is 9.21 Å². The van der Waals surface area contributed by atoms with Crippen LogP contribution in [0.5, 0.6) is 0 Å². The third-order valence-electron chi connectivity index (χ3n) is 2.86. The second-order valence-electron chi connectivity index (χ2n) is 4.24. The molecule has 1 unspecified atom stereocenters. The number of hydrogen-bond donors (Lipinski definition) is 2. The molecule has 1 aromatic carbocycles. The smallest absolute Gasteiger partial charge is 0.408 e. The molecule has 0 saturated heterocycles. The van der Waals surface area contributed by atoms with E-state index in [2.05, 4.69) is 5.32 Å².